The molecule has 0 aliphatic heterocycles. The van der Waals surface area contributed by atoms with Crippen molar-refractivity contribution in [1.82, 2.24) is 5.32 Å². The summed E-state index contributed by atoms with van der Waals surface area (Å²) in [7, 11) is 0. The van der Waals surface area contributed by atoms with Crippen molar-refractivity contribution in [3.05, 3.63) is 42.5 Å². The summed E-state index contributed by atoms with van der Waals surface area (Å²) in [6.07, 6.45) is 1.18. The van der Waals surface area contributed by atoms with Gasteiger partial charge in [0.25, 0.3) is 11.4 Å². The first-order chi connectivity index (χ1) is 12.0. The highest BCUT2D eigenvalue weighted by molar-refractivity contribution is 5.64. The number of hydrogen-bond donors (Lipinski definition) is 3. The zero-order chi connectivity index (χ0) is 20.4. The molecule has 0 saturated carbocycles. The maximum absolute atomic E-state index is 10.4. The van der Waals surface area contributed by atoms with Crippen LogP contribution in [-0.4, -0.2) is 44.2 Å². The molecule has 12 heteroatoms. The van der Waals surface area contributed by atoms with Crippen LogP contribution in [0.3, 0.4) is 0 Å². The summed E-state index contributed by atoms with van der Waals surface area (Å²) in [4.78, 5) is 27.8. The standard InChI is InChI=1S/C8H19NO.C6H3N3O7/c1-7(2)6-8(3)9-4-5-10;10-6-4(8(13)14)1-3(7(11)12)2-5(6)9(15)16/h7-10H,4-6H2,1-3H3;1-2,10H. The molecule has 0 fully saturated rings. The molecule has 12 nitrogen and oxygen atoms in total. The number of aliphatic hydroxyl groups excluding tert-OH is 1. The Kier molecular flexibility index (Phi) is 9.69. The molecule has 0 radical (unpaired) electrons. The van der Waals surface area contributed by atoms with Gasteiger partial charge in [-0.15, -0.1) is 0 Å². The first-order valence-electron chi connectivity index (χ1n) is 7.65. The fourth-order valence-corrected chi connectivity index (χ4v) is 2.07. The van der Waals surface area contributed by atoms with Crippen molar-refractivity contribution in [2.75, 3.05) is 13.2 Å². The van der Waals surface area contributed by atoms with Crippen LogP contribution in [0, 0.1) is 36.3 Å². The number of aliphatic hydroxyl groups is 1. The number of non-ortho nitro benzene ring substituents is 1. The molecule has 1 atom stereocenters. The van der Waals surface area contributed by atoms with Gasteiger partial charge in [-0.2, -0.15) is 0 Å². The number of nitro benzene ring substituents is 3. The maximum atomic E-state index is 10.4. The van der Waals surface area contributed by atoms with Crippen LogP contribution in [0.1, 0.15) is 27.2 Å². The van der Waals surface area contributed by atoms with Crippen LogP contribution in [0.4, 0.5) is 17.1 Å². The zero-order valence-electron chi connectivity index (χ0n) is 14.6. The minimum atomic E-state index is -1.21. The molecule has 0 bridgehead atoms. The molecule has 0 heterocycles. The highest BCUT2D eigenvalue weighted by Gasteiger charge is 2.30. The van der Waals surface area contributed by atoms with Crippen molar-refractivity contribution < 1.29 is 25.0 Å². The fraction of sp³-hybridized carbons (Fsp3) is 0.571. The summed E-state index contributed by atoms with van der Waals surface area (Å²) in [5.74, 6) is -0.471. The molecule has 0 aliphatic rings. The summed E-state index contributed by atoms with van der Waals surface area (Å²) in [5, 5.41) is 51.9. The summed E-state index contributed by atoms with van der Waals surface area (Å²) >= 11 is 0. The van der Waals surface area contributed by atoms with Gasteiger partial charge in [0.15, 0.2) is 0 Å². The van der Waals surface area contributed by atoms with Crippen molar-refractivity contribution in [2.45, 2.75) is 33.2 Å². The first-order valence-corrected chi connectivity index (χ1v) is 7.65. The summed E-state index contributed by atoms with van der Waals surface area (Å²) in [6.45, 7) is 7.51. The van der Waals surface area contributed by atoms with Gasteiger partial charge in [-0.05, 0) is 19.3 Å². The lowest BCUT2D eigenvalue weighted by atomic mass is 10.1. The van der Waals surface area contributed by atoms with E-state index in [2.05, 4.69) is 26.1 Å². The van der Waals surface area contributed by atoms with Crippen molar-refractivity contribution in [3.8, 4) is 5.75 Å². The minimum absolute atomic E-state index is 0.239. The third-order valence-corrected chi connectivity index (χ3v) is 3.09. The maximum Gasteiger partial charge on any atom is 0.324 e. The van der Waals surface area contributed by atoms with Crippen LogP contribution in [0.25, 0.3) is 0 Å². The number of aromatic hydroxyl groups is 1. The van der Waals surface area contributed by atoms with E-state index in [9.17, 15) is 30.3 Å². The second-order valence-corrected chi connectivity index (χ2v) is 5.81. The summed E-state index contributed by atoms with van der Waals surface area (Å²) < 4.78 is 0. The van der Waals surface area contributed by atoms with Gasteiger partial charge >= 0.3 is 11.4 Å². The Morgan fingerprint density at radius 1 is 1.00 bits per heavy atom. The van der Waals surface area contributed by atoms with Crippen molar-refractivity contribution in [2.24, 2.45) is 5.92 Å². The predicted molar refractivity (Wildman–Crippen MR) is 92.1 cm³/mol. The number of nitro groups is 3. The Balaban J connectivity index is 0.000000541. The van der Waals surface area contributed by atoms with Crippen LogP contribution in [0.15, 0.2) is 12.1 Å². The SMILES string of the molecule is CC(C)CC(C)NCCO.O=[N+]([O-])c1cc([N+](=O)[O-])c(O)c([N+](=O)[O-])c1. The number of phenolic OH excluding ortho intramolecular Hbond substituents is 1. The van der Waals surface area contributed by atoms with E-state index >= 15 is 0 Å². The summed E-state index contributed by atoms with van der Waals surface area (Å²) in [6, 6.07) is 1.43. The molecule has 1 aromatic rings. The van der Waals surface area contributed by atoms with Crippen LogP contribution in [0.5, 0.6) is 5.75 Å². The second kappa shape index (κ2) is 10.9. The molecule has 0 aliphatic carbocycles. The molecule has 0 spiro atoms. The summed E-state index contributed by atoms with van der Waals surface area (Å²) in [5.41, 5.74) is -3.00. The highest BCUT2D eigenvalue weighted by atomic mass is 16.6. The number of nitrogens with one attached hydrogen (secondary N) is 1. The quantitative estimate of drug-likeness (QED) is 0.453. The van der Waals surface area contributed by atoms with E-state index in [4.69, 9.17) is 10.2 Å². The third-order valence-electron chi connectivity index (χ3n) is 3.09. The number of rotatable bonds is 8. The lowest BCUT2D eigenvalue weighted by Gasteiger charge is -2.14. The number of hydrogen-bond acceptors (Lipinski definition) is 9. The fourth-order valence-electron chi connectivity index (χ4n) is 2.07. The molecular weight excluding hydrogens is 352 g/mol. The van der Waals surface area contributed by atoms with E-state index in [1.54, 1.807) is 0 Å². The Morgan fingerprint density at radius 3 is 1.77 bits per heavy atom. The van der Waals surface area contributed by atoms with Gasteiger partial charge < -0.3 is 15.5 Å². The lowest BCUT2D eigenvalue weighted by molar-refractivity contribution is -0.404. The van der Waals surface area contributed by atoms with E-state index in [0.29, 0.717) is 24.7 Å². The van der Waals surface area contributed by atoms with Crippen LogP contribution in [0.2, 0.25) is 0 Å². The van der Waals surface area contributed by atoms with Crippen LogP contribution in [-0.2, 0) is 0 Å². The number of benzene rings is 1. The van der Waals surface area contributed by atoms with Gasteiger partial charge in [0, 0.05) is 12.6 Å². The molecule has 0 amide bonds. The highest BCUT2D eigenvalue weighted by Crippen LogP contribution is 2.38. The normalized spacial score (nSPS) is 11.4. The van der Waals surface area contributed by atoms with Crippen molar-refractivity contribution in [3.63, 3.8) is 0 Å². The zero-order valence-corrected chi connectivity index (χ0v) is 14.6. The van der Waals surface area contributed by atoms with Gasteiger partial charge in [-0.25, -0.2) is 0 Å². The third kappa shape index (κ3) is 7.81. The molecule has 146 valence electrons. The largest absolute Gasteiger partial charge is 0.497 e. The van der Waals surface area contributed by atoms with Gasteiger partial charge in [0.05, 0.1) is 33.5 Å². The van der Waals surface area contributed by atoms with Gasteiger partial charge in [-0.1, -0.05) is 13.8 Å². The van der Waals surface area contributed by atoms with E-state index in [1.165, 1.54) is 6.42 Å². The molecular formula is C14H22N4O8. The Labute approximate surface area is 148 Å². The Hall–Kier alpha value is -2.86. The van der Waals surface area contributed by atoms with Gasteiger partial charge in [-0.3, -0.25) is 30.3 Å². The monoisotopic (exact) mass is 374 g/mol. The second-order valence-electron chi connectivity index (χ2n) is 5.81. The average Bonchev–Trinajstić information content (AvgIpc) is 2.52. The van der Waals surface area contributed by atoms with Crippen molar-refractivity contribution in [1.29, 1.82) is 0 Å². The Bertz CT molecular complexity index is 615. The Morgan fingerprint density at radius 2 is 1.46 bits per heavy atom. The molecule has 26 heavy (non-hydrogen) atoms. The lowest BCUT2D eigenvalue weighted by Crippen LogP contribution is -2.29. The van der Waals surface area contributed by atoms with E-state index in [1.807, 2.05) is 0 Å². The van der Waals surface area contributed by atoms with Crippen molar-refractivity contribution >= 4 is 17.1 Å². The first kappa shape index (κ1) is 23.1. The average molecular weight is 374 g/mol. The van der Waals surface area contributed by atoms with Crippen LogP contribution < -0.4 is 5.32 Å². The smallest absolute Gasteiger partial charge is 0.324 e. The number of nitrogens with zero attached hydrogens (tertiary/aromatic N) is 3. The van der Waals surface area contributed by atoms with Crippen LogP contribution >= 0.6 is 0 Å². The molecule has 1 rings (SSSR count). The topological polar surface area (TPSA) is 182 Å². The van der Waals surface area contributed by atoms with Gasteiger partial charge in [0.2, 0.25) is 0 Å². The molecule has 0 saturated heterocycles. The number of phenols is 1. The predicted octanol–water partition coefficient (Wildman–Crippen LogP) is 2.12. The molecule has 0 aromatic heterocycles. The van der Waals surface area contributed by atoms with E-state index < -0.39 is 37.6 Å². The minimum Gasteiger partial charge on any atom is -0.497 e. The molecule has 3 N–H and O–H groups in total. The molecule has 1 aromatic carbocycles. The van der Waals surface area contributed by atoms with Gasteiger partial charge in [0.1, 0.15) is 0 Å². The molecule has 1 unspecified atom stereocenters. The van der Waals surface area contributed by atoms with E-state index in [0.717, 1.165) is 5.92 Å². The van der Waals surface area contributed by atoms with E-state index in [-0.39, 0.29) is 6.61 Å².